The molecule has 0 saturated heterocycles. The zero-order chi connectivity index (χ0) is 16.1. The van der Waals surface area contributed by atoms with Crippen LogP contribution in [0.15, 0.2) is 0 Å². The van der Waals surface area contributed by atoms with E-state index in [0.717, 1.165) is 0 Å². The monoisotopic (exact) mass is 288 g/mol. The molecule has 1 unspecified atom stereocenters. The molecule has 0 aromatic carbocycles. The lowest BCUT2D eigenvalue weighted by atomic mass is 9.78. The van der Waals surface area contributed by atoms with Crippen molar-refractivity contribution in [2.45, 2.75) is 40.7 Å². The summed E-state index contributed by atoms with van der Waals surface area (Å²) in [6.07, 6.45) is -1.39. The molecule has 0 heterocycles. The Kier molecular flexibility index (Phi) is 6.50. The molecule has 0 bridgehead atoms. The van der Waals surface area contributed by atoms with Crippen molar-refractivity contribution >= 4 is 17.5 Å². The van der Waals surface area contributed by atoms with E-state index in [2.05, 4.69) is 0 Å². The maximum atomic E-state index is 12.3. The molecule has 0 fully saturated rings. The fourth-order valence-corrected chi connectivity index (χ4v) is 1.35. The second kappa shape index (κ2) is 6.95. The Morgan fingerprint density at radius 1 is 1.00 bits per heavy atom. The van der Waals surface area contributed by atoms with Crippen LogP contribution >= 0.6 is 0 Å². The Morgan fingerprint density at radius 3 is 1.85 bits per heavy atom. The lowest BCUT2D eigenvalue weighted by Gasteiger charge is -2.28. The van der Waals surface area contributed by atoms with Crippen molar-refractivity contribution in [2.24, 2.45) is 10.8 Å². The summed E-state index contributed by atoms with van der Waals surface area (Å²) >= 11 is 0. The van der Waals surface area contributed by atoms with Crippen LogP contribution in [0.4, 0.5) is 0 Å². The zero-order valence-corrected chi connectivity index (χ0v) is 13.0. The molecular weight excluding hydrogens is 264 g/mol. The maximum absolute atomic E-state index is 12.3. The molecule has 0 amide bonds. The molecule has 0 aliphatic carbocycles. The van der Waals surface area contributed by atoms with Crippen LogP contribution in [0.25, 0.3) is 0 Å². The summed E-state index contributed by atoms with van der Waals surface area (Å²) < 4.78 is 10.1. The number of carbonyl (C=O) groups is 3. The molecule has 0 aromatic rings. The Balaban J connectivity index is 5.27. The highest BCUT2D eigenvalue weighted by molar-refractivity contribution is 6.15. The Bertz CT molecular complexity index is 378. The SMILES string of the molecule is COCCOC(C(=O)C(C)(C)C)C(=O)C(C)(C)C(=O)O. The van der Waals surface area contributed by atoms with Crippen molar-refractivity contribution in [2.75, 3.05) is 20.3 Å². The van der Waals surface area contributed by atoms with Crippen LogP contribution in [0, 0.1) is 10.8 Å². The molecule has 0 spiro atoms. The average molecular weight is 288 g/mol. The van der Waals surface area contributed by atoms with Gasteiger partial charge < -0.3 is 14.6 Å². The fourth-order valence-electron chi connectivity index (χ4n) is 1.35. The van der Waals surface area contributed by atoms with E-state index in [1.165, 1.54) is 21.0 Å². The maximum Gasteiger partial charge on any atom is 0.316 e. The van der Waals surface area contributed by atoms with Crippen LogP contribution in [0.5, 0.6) is 0 Å². The van der Waals surface area contributed by atoms with Crippen LogP contribution < -0.4 is 0 Å². The predicted molar refractivity (Wildman–Crippen MR) is 72.5 cm³/mol. The smallest absolute Gasteiger partial charge is 0.316 e. The van der Waals surface area contributed by atoms with Crippen molar-refractivity contribution in [1.82, 2.24) is 0 Å². The standard InChI is InChI=1S/C14H24O6/c1-13(2,3)10(15)9(20-8-7-19-6)11(16)14(4,5)12(17)18/h9H,7-8H2,1-6H3,(H,17,18). The Labute approximate surface area is 119 Å². The van der Waals surface area contributed by atoms with Crippen LogP contribution in [0.2, 0.25) is 0 Å². The highest BCUT2D eigenvalue weighted by atomic mass is 16.5. The quantitative estimate of drug-likeness (QED) is 0.535. The summed E-state index contributed by atoms with van der Waals surface area (Å²) in [7, 11) is 1.47. The number of hydrogen-bond donors (Lipinski definition) is 1. The van der Waals surface area contributed by atoms with Gasteiger partial charge in [0.2, 0.25) is 0 Å². The number of rotatable bonds is 8. The molecule has 20 heavy (non-hydrogen) atoms. The largest absolute Gasteiger partial charge is 0.481 e. The van der Waals surface area contributed by atoms with E-state index in [1.54, 1.807) is 20.8 Å². The molecule has 0 saturated carbocycles. The van der Waals surface area contributed by atoms with Crippen molar-refractivity contribution in [3.63, 3.8) is 0 Å². The molecule has 0 aliphatic rings. The van der Waals surface area contributed by atoms with E-state index in [0.29, 0.717) is 0 Å². The number of methoxy groups -OCH3 is 1. The molecule has 0 aromatic heterocycles. The van der Waals surface area contributed by atoms with Gasteiger partial charge in [0, 0.05) is 12.5 Å². The zero-order valence-electron chi connectivity index (χ0n) is 13.0. The fraction of sp³-hybridized carbons (Fsp3) is 0.786. The highest BCUT2D eigenvalue weighted by Crippen LogP contribution is 2.26. The molecule has 6 heteroatoms. The van der Waals surface area contributed by atoms with Crippen molar-refractivity contribution in [3.8, 4) is 0 Å². The first-order valence-electron chi connectivity index (χ1n) is 6.38. The van der Waals surface area contributed by atoms with E-state index >= 15 is 0 Å². The molecule has 0 radical (unpaired) electrons. The Hall–Kier alpha value is -1.27. The van der Waals surface area contributed by atoms with Gasteiger partial charge in [0.25, 0.3) is 0 Å². The predicted octanol–water partition coefficient (Wildman–Crippen LogP) is 1.31. The van der Waals surface area contributed by atoms with Crippen LogP contribution in [0.3, 0.4) is 0 Å². The van der Waals surface area contributed by atoms with Gasteiger partial charge in [0.15, 0.2) is 17.7 Å². The number of carboxylic acids is 1. The van der Waals surface area contributed by atoms with Gasteiger partial charge in [-0.05, 0) is 13.8 Å². The minimum absolute atomic E-state index is 0.0461. The number of carboxylic acid groups (broad SMARTS) is 1. The molecule has 1 N–H and O–H groups in total. The van der Waals surface area contributed by atoms with Gasteiger partial charge in [-0.15, -0.1) is 0 Å². The molecule has 116 valence electrons. The van der Waals surface area contributed by atoms with Gasteiger partial charge in [-0.25, -0.2) is 0 Å². The van der Waals surface area contributed by atoms with Gasteiger partial charge in [-0.2, -0.15) is 0 Å². The third-order valence-corrected chi connectivity index (χ3v) is 2.94. The minimum atomic E-state index is -1.68. The lowest BCUT2D eigenvalue weighted by Crippen LogP contribution is -2.49. The second-order valence-electron chi connectivity index (χ2n) is 6.15. The first kappa shape index (κ1) is 18.7. The van der Waals surface area contributed by atoms with Gasteiger partial charge >= 0.3 is 5.97 Å². The number of carbonyl (C=O) groups excluding carboxylic acids is 2. The van der Waals surface area contributed by atoms with Crippen LogP contribution in [-0.4, -0.2) is 49.1 Å². The summed E-state index contributed by atoms with van der Waals surface area (Å²) in [5, 5.41) is 9.10. The van der Waals surface area contributed by atoms with Gasteiger partial charge in [-0.1, -0.05) is 20.8 Å². The van der Waals surface area contributed by atoms with E-state index in [9.17, 15) is 14.4 Å². The van der Waals surface area contributed by atoms with Gasteiger partial charge in [-0.3, -0.25) is 14.4 Å². The summed E-state index contributed by atoms with van der Waals surface area (Å²) in [5.41, 5.74) is -2.49. The van der Waals surface area contributed by atoms with Crippen molar-refractivity contribution < 1.29 is 29.0 Å². The van der Waals surface area contributed by atoms with E-state index < -0.39 is 34.5 Å². The third-order valence-electron chi connectivity index (χ3n) is 2.94. The van der Waals surface area contributed by atoms with Crippen LogP contribution in [0.1, 0.15) is 34.6 Å². The number of hydrogen-bond acceptors (Lipinski definition) is 5. The molecule has 1 atom stereocenters. The summed E-state index contributed by atoms with van der Waals surface area (Å²) in [6.45, 7) is 7.76. The number of aliphatic carboxylic acids is 1. The third kappa shape index (κ3) is 4.68. The first-order chi connectivity index (χ1) is 8.96. The van der Waals surface area contributed by atoms with Gasteiger partial charge in [0.05, 0.1) is 13.2 Å². The average Bonchev–Trinajstić information content (AvgIpc) is 2.31. The van der Waals surface area contributed by atoms with E-state index in [1.807, 2.05) is 0 Å². The van der Waals surface area contributed by atoms with E-state index in [4.69, 9.17) is 14.6 Å². The first-order valence-corrected chi connectivity index (χ1v) is 6.38. The number of ketones is 2. The molecule has 0 aliphatic heterocycles. The van der Waals surface area contributed by atoms with Crippen LogP contribution in [-0.2, 0) is 23.9 Å². The molecular formula is C14H24O6. The summed E-state index contributed by atoms with van der Waals surface area (Å²) in [5.74, 6) is -2.47. The van der Waals surface area contributed by atoms with Crippen molar-refractivity contribution in [3.05, 3.63) is 0 Å². The minimum Gasteiger partial charge on any atom is -0.481 e. The lowest BCUT2D eigenvalue weighted by molar-refractivity contribution is -0.161. The van der Waals surface area contributed by atoms with Crippen molar-refractivity contribution in [1.29, 1.82) is 0 Å². The topological polar surface area (TPSA) is 89.9 Å². The second-order valence-corrected chi connectivity index (χ2v) is 6.15. The van der Waals surface area contributed by atoms with E-state index in [-0.39, 0.29) is 13.2 Å². The number of ether oxygens (including phenoxy) is 2. The Morgan fingerprint density at radius 2 is 1.50 bits per heavy atom. The van der Waals surface area contributed by atoms with Gasteiger partial charge in [0.1, 0.15) is 5.41 Å². The summed E-state index contributed by atoms with van der Waals surface area (Å²) in [4.78, 5) is 35.8. The molecule has 6 nitrogen and oxygen atoms in total. The summed E-state index contributed by atoms with van der Waals surface area (Å²) in [6, 6.07) is 0. The highest BCUT2D eigenvalue weighted by Gasteiger charge is 2.46. The number of Topliss-reactive ketones (excluding diaryl/α,β-unsaturated/α-hetero) is 2. The molecule has 0 rings (SSSR count). The normalized spacial score (nSPS) is 13.9.